The average Bonchev–Trinajstić information content (AvgIpc) is 3.63. The van der Waals surface area contributed by atoms with Crippen LogP contribution >= 0.6 is 0 Å². The van der Waals surface area contributed by atoms with E-state index in [1.807, 2.05) is 30.3 Å². The molecule has 2 unspecified atom stereocenters. The lowest BCUT2D eigenvalue weighted by molar-refractivity contribution is -0.132. The summed E-state index contributed by atoms with van der Waals surface area (Å²) < 4.78 is 35.1. The van der Waals surface area contributed by atoms with E-state index in [1.165, 1.54) is 23.2 Å². The number of benzene rings is 2. The first-order valence-corrected chi connectivity index (χ1v) is 13.5. The Morgan fingerprint density at radius 3 is 2.49 bits per heavy atom. The molecule has 2 heterocycles. The summed E-state index contributed by atoms with van der Waals surface area (Å²) in [5.41, 5.74) is 7.03. The number of carbonyl (C=O) groups is 2. The van der Waals surface area contributed by atoms with Crippen LogP contribution < -0.4 is 16.4 Å². The van der Waals surface area contributed by atoms with Gasteiger partial charge in [0.1, 0.15) is 12.1 Å². The fourth-order valence-electron chi connectivity index (χ4n) is 4.44. The van der Waals surface area contributed by atoms with Crippen molar-refractivity contribution >= 4 is 17.6 Å². The van der Waals surface area contributed by atoms with Gasteiger partial charge in [-0.3, -0.25) is 9.59 Å². The summed E-state index contributed by atoms with van der Waals surface area (Å²) in [6.45, 7) is 8.96. The van der Waals surface area contributed by atoms with Gasteiger partial charge in [-0.2, -0.15) is 0 Å². The van der Waals surface area contributed by atoms with Gasteiger partial charge in [0.2, 0.25) is 11.8 Å². The van der Waals surface area contributed by atoms with Gasteiger partial charge in [0.15, 0.2) is 17.5 Å². The maximum Gasteiger partial charge on any atom is 0.250 e. The summed E-state index contributed by atoms with van der Waals surface area (Å²) in [5.74, 6) is -2.61. The smallest absolute Gasteiger partial charge is 0.250 e. The fourth-order valence-corrected chi connectivity index (χ4v) is 4.44. The second-order valence-electron chi connectivity index (χ2n) is 10.7. The molecular weight excluding hydrogens is 530 g/mol. The molecule has 1 aromatic heterocycles. The highest BCUT2D eigenvalue weighted by atomic mass is 19.2. The Labute approximate surface area is 238 Å². The molecule has 0 saturated carbocycles. The zero-order chi connectivity index (χ0) is 29.6. The largest absolute Gasteiger partial charge is 0.374 e. The Bertz CT molecular complexity index is 1370. The highest BCUT2D eigenvalue weighted by Crippen LogP contribution is 2.26. The van der Waals surface area contributed by atoms with Crippen LogP contribution in [-0.4, -0.2) is 57.5 Å². The molecule has 11 heteroatoms. The molecule has 2 aromatic carbocycles. The van der Waals surface area contributed by atoms with Crippen molar-refractivity contribution in [3.05, 3.63) is 96.1 Å². The number of hydrogen-bond acceptors (Lipinski definition) is 6. The number of nitrogens with two attached hydrogens (primary N) is 1. The van der Waals surface area contributed by atoms with Crippen molar-refractivity contribution < 1.29 is 23.1 Å². The van der Waals surface area contributed by atoms with E-state index < -0.39 is 35.2 Å². The van der Waals surface area contributed by atoms with Gasteiger partial charge in [-0.05, 0) is 49.9 Å². The van der Waals surface area contributed by atoms with Crippen molar-refractivity contribution in [2.45, 2.75) is 50.9 Å². The number of likely N-dealkylation sites (tertiary alicyclic amines) is 1. The molecule has 0 bridgehead atoms. The molecule has 2 amide bonds. The number of imidazole rings is 1. The number of anilines is 1. The quantitative estimate of drug-likeness (QED) is 0.308. The summed E-state index contributed by atoms with van der Waals surface area (Å²) in [7, 11) is 0. The molecule has 0 radical (unpaired) electrons. The van der Waals surface area contributed by atoms with E-state index in [1.54, 1.807) is 18.7 Å². The van der Waals surface area contributed by atoms with Crippen LogP contribution in [0.15, 0.2) is 73.3 Å². The number of aromatic nitrogens is 2. The van der Waals surface area contributed by atoms with E-state index in [9.17, 15) is 18.4 Å². The van der Waals surface area contributed by atoms with E-state index in [2.05, 4.69) is 22.2 Å². The van der Waals surface area contributed by atoms with Crippen LogP contribution in [-0.2, 0) is 20.9 Å². The molecule has 1 aliphatic rings. The normalized spacial score (nSPS) is 14.9. The van der Waals surface area contributed by atoms with Crippen molar-refractivity contribution in [3.63, 3.8) is 0 Å². The van der Waals surface area contributed by atoms with Gasteiger partial charge in [0.25, 0.3) is 0 Å². The van der Waals surface area contributed by atoms with Crippen molar-refractivity contribution in [1.29, 1.82) is 0 Å². The molecule has 4 rings (SSSR count). The maximum absolute atomic E-state index is 14.1. The zero-order valence-electron chi connectivity index (χ0n) is 23.3. The minimum atomic E-state index is -1.05. The molecule has 0 spiro atoms. The Morgan fingerprint density at radius 1 is 1.12 bits per heavy atom. The summed E-state index contributed by atoms with van der Waals surface area (Å²) in [6.07, 6.45) is 4.60. The molecule has 1 fully saturated rings. The predicted molar refractivity (Wildman–Crippen MR) is 152 cm³/mol. The van der Waals surface area contributed by atoms with Crippen LogP contribution in [0.3, 0.4) is 0 Å². The van der Waals surface area contributed by atoms with Gasteiger partial charge in [-0.25, -0.2) is 13.8 Å². The lowest BCUT2D eigenvalue weighted by atomic mass is 10.0. The van der Waals surface area contributed by atoms with Crippen LogP contribution in [0.4, 0.5) is 14.6 Å². The van der Waals surface area contributed by atoms with Crippen LogP contribution in [0, 0.1) is 11.6 Å². The Hall–Kier alpha value is -4.09. The summed E-state index contributed by atoms with van der Waals surface area (Å²) in [5, 5.41) is 5.81. The third kappa shape index (κ3) is 7.77. The summed E-state index contributed by atoms with van der Waals surface area (Å²) in [4.78, 5) is 32.8. The average molecular weight is 567 g/mol. The first-order valence-electron chi connectivity index (χ1n) is 13.5. The van der Waals surface area contributed by atoms with Crippen molar-refractivity contribution in [2.75, 3.05) is 25.0 Å². The molecule has 2 atom stereocenters. The summed E-state index contributed by atoms with van der Waals surface area (Å²) in [6, 6.07) is 11.1. The zero-order valence-corrected chi connectivity index (χ0v) is 23.3. The number of rotatable bonds is 12. The first-order chi connectivity index (χ1) is 19.5. The van der Waals surface area contributed by atoms with E-state index in [-0.39, 0.29) is 23.9 Å². The monoisotopic (exact) mass is 566 g/mol. The third-order valence-corrected chi connectivity index (χ3v) is 6.90. The third-order valence-electron chi connectivity index (χ3n) is 6.90. The second-order valence-corrected chi connectivity index (χ2v) is 10.7. The number of amides is 2. The summed E-state index contributed by atoms with van der Waals surface area (Å²) >= 11 is 0. The maximum atomic E-state index is 14.1. The van der Waals surface area contributed by atoms with Gasteiger partial charge in [-0.1, -0.05) is 43.0 Å². The topological polar surface area (TPSA) is 115 Å². The van der Waals surface area contributed by atoms with Crippen LogP contribution in [0.25, 0.3) is 0 Å². The Kier molecular flexibility index (Phi) is 9.51. The molecule has 0 aliphatic carbocycles. The van der Waals surface area contributed by atoms with E-state index in [0.717, 1.165) is 30.5 Å². The minimum absolute atomic E-state index is 0.0153. The van der Waals surface area contributed by atoms with E-state index >= 15 is 0 Å². The molecule has 41 heavy (non-hydrogen) atoms. The molecule has 3 aromatic rings. The first kappa shape index (κ1) is 29.9. The van der Waals surface area contributed by atoms with Crippen LogP contribution in [0.2, 0.25) is 0 Å². The van der Waals surface area contributed by atoms with Gasteiger partial charge < -0.3 is 30.6 Å². The highest BCUT2D eigenvalue weighted by Gasteiger charge is 2.31. The van der Waals surface area contributed by atoms with Gasteiger partial charge in [0, 0.05) is 30.5 Å². The lowest BCUT2D eigenvalue weighted by Crippen LogP contribution is -2.49. The minimum Gasteiger partial charge on any atom is -0.374 e. The molecule has 1 saturated heterocycles. The van der Waals surface area contributed by atoms with Crippen molar-refractivity contribution in [2.24, 2.45) is 5.73 Å². The Morgan fingerprint density at radius 2 is 1.83 bits per heavy atom. The highest BCUT2D eigenvalue weighted by molar-refractivity contribution is 5.94. The number of carbonyl (C=O) groups excluding carboxylic acids is 2. The van der Waals surface area contributed by atoms with Crippen LogP contribution in [0.5, 0.6) is 0 Å². The molecule has 4 N–H and O–H groups in total. The lowest BCUT2D eigenvalue weighted by Gasteiger charge is -2.27. The standard InChI is InChI=1S/C30H36F2N6O3/c1-20(30(2,3)33)35-25(18-41-17-21-9-5-4-6-10-21)28(39)36-26-16-38(19-34-26)27(29(40)37-13-7-8-14-37)22-11-12-23(31)24(32)15-22/h4-6,9-12,15-16,19,25,27,35H,1,7-8,13-14,17-18,33H2,2-3H3,(H,36,39). The number of halogens is 2. The number of hydrogen-bond donors (Lipinski definition) is 3. The predicted octanol–water partition coefficient (Wildman–Crippen LogP) is 3.74. The van der Waals surface area contributed by atoms with Gasteiger partial charge in [0.05, 0.1) is 19.5 Å². The number of nitrogens with zero attached hydrogens (tertiary/aromatic N) is 3. The number of ether oxygens (including phenoxy) is 1. The molecule has 9 nitrogen and oxygen atoms in total. The SMILES string of the molecule is C=C(NC(COCc1ccccc1)C(=O)Nc1cn(C(C(=O)N2CCCC2)c2ccc(F)c(F)c2)cn1)C(C)(C)N. The van der Waals surface area contributed by atoms with E-state index in [4.69, 9.17) is 10.5 Å². The Balaban J connectivity index is 1.52. The van der Waals surface area contributed by atoms with Gasteiger partial charge in [-0.15, -0.1) is 0 Å². The second kappa shape index (κ2) is 13.0. The van der Waals surface area contributed by atoms with E-state index in [0.29, 0.717) is 25.4 Å². The molecule has 218 valence electrons. The molecule has 1 aliphatic heterocycles. The number of nitrogens with one attached hydrogen (secondary N) is 2. The molecular formula is C30H36F2N6O3. The fraction of sp³-hybridized carbons (Fsp3) is 0.367. The van der Waals surface area contributed by atoms with Crippen molar-refractivity contribution in [3.8, 4) is 0 Å². The van der Waals surface area contributed by atoms with Crippen LogP contribution in [0.1, 0.15) is 43.9 Å². The van der Waals surface area contributed by atoms with Gasteiger partial charge >= 0.3 is 0 Å². The van der Waals surface area contributed by atoms with Crippen molar-refractivity contribution in [1.82, 2.24) is 19.8 Å².